The summed E-state index contributed by atoms with van der Waals surface area (Å²) in [6.45, 7) is 6.53. The van der Waals surface area contributed by atoms with Gasteiger partial charge in [-0.2, -0.15) is 0 Å². The zero-order chi connectivity index (χ0) is 11.4. The minimum absolute atomic E-state index is 0.284. The molecule has 0 saturated carbocycles. The molecule has 2 N–H and O–H groups in total. The normalized spacial score (nSPS) is 34.1. The standard InChI is InChI=1S/C13H24N2O/c1-2-15(10-13-4-3-7-16-13)9-11-5-6-12(14)8-11/h5-6,11-13H,2-4,7-10,14H2,1H3. The smallest absolute Gasteiger partial charge is 0.0702 e. The molecule has 0 amide bonds. The van der Waals surface area contributed by atoms with E-state index in [0.29, 0.717) is 12.0 Å². The first kappa shape index (κ1) is 12.1. The van der Waals surface area contributed by atoms with Gasteiger partial charge < -0.3 is 15.4 Å². The van der Waals surface area contributed by atoms with Crippen molar-refractivity contribution in [2.45, 2.75) is 38.3 Å². The monoisotopic (exact) mass is 224 g/mol. The molecule has 0 aromatic carbocycles. The maximum Gasteiger partial charge on any atom is 0.0702 e. The molecule has 3 atom stereocenters. The van der Waals surface area contributed by atoms with Crippen LogP contribution in [-0.4, -0.2) is 43.3 Å². The molecule has 3 unspecified atom stereocenters. The Kier molecular flexibility index (Phi) is 4.38. The Hall–Kier alpha value is -0.380. The highest BCUT2D eigenvalue weighted by Gasteiger charge is 2.22. The van der Waals surface area contributed by atoms with E-state index in [1.54, 1.807) is 0 Å². The van der Waals surface area contributed by atoms with E-state index in [1.807, 2.05) is 0 Å². The van der Waals surface area contributed by atoms with Gasteiger partial charge in [-0.3, -0.25) is 0 Å². The van der Waals surface area contributed by atoms with Gasteiger partial charge in [0.25, 0.3) is 0 Å². The van der Waals surface area contributed by atoms with Crippen LogP contribution in [0.3, 0.4) is 0 Å². The summed E-state index contributed by atoms with van der Waals surface area (Å²) in [5, 5.41) is 0. The first-order chi connectivity index (χ1) is 7.78. The summed E-state index contributed by atoms with van der Waals surface area (Å²) in [6, 6.07) is 0.284. The summed E-state index contributed by atoms with van der Waals surface area (Å²) in [6.07, 6.45) is 8.47. The van der Waals surface area contributed by atoms with Crippen LogP contribution in [0.1, 0.15) is 26.2 Å². The Bertz CT molecular complexity index is 236. The average molecular weight is 224 g/mol. The molecule has 1 fully saturated rings. The predicted molar refractivity (Wildman–Crippen MR) is 66.3 cm³/mol. The third kappa shape index (κ3) is 3.30. The third-order valence-corrected chi connectivity index (χ3v) is 3.63. The average Bonchev–Trinajstić information content (AvgIpc) is 2.89. The van der Waals surface area contributed by atoms with E-state index >= 15 is 0 Å². The van der Waals surface area contributed by atoms with Crippen LogP contribution in [0, 0.1) is 5.92 Å². The van der Waals surface area contributed by atoms with Gasteiger partial charge in [0.15, 0.2) is 0 Å². The fourth-order valence-corrected chi connectivity index (χ4v) is 2.68. The van der Waals surface area contributed by atoms with Crippen molar-refractivity contribution in [1.82, 2.24) is 4.90 Å². The van der Waals surface area contributed by atoms with Crippen LogP contribution in [0.15, 0.2) is 12.2 Å². The number of rotatable bonds is 5. The van der Waals surface area contributed by atoms with Gasteiger partial charge in [0.05, 0.1) is 6.10 Å². The van der Waals surface area contributed by atoms with E-state index < -0.39 is 0 Å². The lowest BCUT2D eigenvalue weighted by Crippen LogP contribution is -2.35. The van der Waals surface area contributed by atoms with Gasteiger partial charge in [-0.05, 0) is 31.7 Å². The molecule has 16 heavy (non-hydrogen) atoms. The molecule has 2 aliphatic rings. The molecule has 1 heterocycles. The second-order valence-corrected chi connectivity index (χ2v) is 5.03. The van der Waals surface area contributed by atoms with Crippen molar-refractivity contribution in [2.75, 3.05) is 26.2 Å². The lowest BCUT2D eigenvalue weighted by molar-refractivity contribution is 0.0714. The van der Waals surface area contributed by atoms with Crippen LogP contribution in [-0.2, 0) is 4.74 Å². The molecular formula is C13H24N2O. The molecule has 92 valence electrons. The first-order valence-corrected chi connectivity index (χ1v) is 6.55. The number of likely N-dealkylation sites (N-methyl/N-ethyl adjacent to an activating group) is 1. The van der Waals surface area contributed by atoms with Gasteiger partial charge >= 0.3 is 0 Å². The Morgan fingerprint density at radius 2 is 2.25 bits per heavy atom. The summed E-state index contributed by atoms with van der Waals surface area (Å²) >= 11 is 0. The second kappa shape index (κ2) is 5.80. The minimum Gasteiger partial charge on any atom is -0.377 e. The van der Waals surface area contributed by atoms with Crippen molar-refractivity contribution in [2.24, 2.45) is 11.7 Å². The Balaban J connectivity index is 1.74. The van der Waals surface area contributed by atoms with Crippen LogP contribution in [0.2, 0.25) is 0 Å². The van der Waals surface area contributed by atoms with Crippen LogP contribution < -0.4 is 5.73 Å². The fraction of sp³-hybridized carbons (Fsp3) is 0.846. The fourth-order valence-electron chi connectivity index (χ4n) is 2.68. The van der Waals surface area contributed by atoms with Crippen LogP contribution in [0.4, 0.5) is 0 Å². The van der Waals surface area contributed by atoms with Crippen LogP contribution >= 0.6 is 0 Å². The maximum absolute atomic E-state index is 5.88. The van der Waals surface area contributed by atoms with Crippen molar-refractivity contribution in [1.29, 1.82) is 0 Å². The number of hydrogen-bond donors (Lipinski definition) is 1. The first-order valence-electron chi connectivity index (χ1n) is 6.55. The third-order valence-electron chi connectivity index (χ3n) is 3.63. The highest BCUT2D eigenvalue weighted by molar-refractivity contribution is 5.05. The Morgan fingerprint density at radius 1 is 1.38 bits per heavy atom. The number of hydrogen-bond acceptors (Lipinski definition) is 3. The van der Waals surface area contributed by atoms with Gasteiger partial charge in [0.1, 0.15) is 0 Å². The Labute approximate surface area is 98.6 Å². The molecule has 2 rings (SSSR count). The van der Waals surface area contributed by atoms with Crippen molar-refractivity contribution in [3.63, 3.8) is 0 Å². The summed E-state index contributed by atoms with van der Waals surface area (Å²) < 4.78 is 5.69. The van der Waals surface area contributed by atoms with Crippen molar-refractivity contribution < 1.29 is 4.74 Å². The van der Waals surface area contributed by atoms with E-state index in [2.05, 4.69) is 24.0 Å². The number of ether oxygens (including phenoxy) is 1. The van der Waals surface area contributed by atoms with Gasteiger partial charge in [-0.15, -0.1) is 0 Å². The summed E-state index contributed by atoms with van der Waals surface area (Å²) in [5.41, 5.74) is 5.88. The van der Waals surface area contributed by atoms with Crippen molar-refractivity contribution >= 4 is 0 Å². The molecule has 1 saturated heterocycles. The summed E-state index contributed by atoms with van der Waals surface area (Å²) in [7, 11) is 0. The Morgan fingerprint density at radius 3 is 2.81 bits per heavy atom. The molecule has 0 spiro atoms. The van der Waals surface area contributed by atoms with Gasteiger partial charge in [0.2, 0.25) is 0 Å². The van der Waals surface area contributed by atoms with Crippen LogP contribution in [0.5, 0.6) is 0 Å². The molecular weight excluding hydrogens is 200 g/mol. The van der Waals surface area contributed by atoms with E-state index in [0.717, 1.165) is 32.7 Å². The molecule has 1 aliphatic heterocycles. The molecule has 0 radical (unpaired) electrons. The largest absolute Gasteiger partial charge is 0.377 e. The number of nitrogens with two attached hydrogens (primary N) is 1. The highest BCUT2D eigenvalue weighted by Crippen LogP contribution is 2.19. The molecule has 3 nitrogen and oxygen atoms in total. The number of nitrogens with zero attached hydrogens (tertiary/aromatic N) is 1. The van der Waals surface area contributed by atoms with Crippen molar-refractivity contribution in [3.05, 3.63) is 12.2 Å². The van der Waals surface area contributed by atoms with E-state index in [4.69, 9.17) is 10.5 Å². The second-order valence-electron chi connectivity index (χ2n) is 5.03. The van der Waals surface area contributed by atoms with E-state index in [1.165, 1.54) is 12.8 Å². The predicted octanol–water partition coefficient (Wildman–Crippen LogP) is 1.39. The van der Waals surface area contributed by atoms with Gasteiger partial charge in [-0.1, -0.05) is 19.1 Å². The summed E-state index contributed by atoms with van der Waals surface area (Å²) in [5.74, 6) is 0.649. The molecule has 3 heteroatoms. The molecule has 0 aromatic heterocycles. The quantitative estimate of drug-likeness (QED) is 0.717. The SMILES string of the molecule is CCN(CC1C=CC(N)C1)CC1CCCO1. The zero-order valence-electron chi connectivity index (χ0n) is 10.3. The van der Waals surface area contributed by atoms with Crippen molar-refractivity contribution in [3.8, 4) is 0 Å². The van der Waals surface area contributed by atoms with E-state index in [9.17, 15) is 0 Å². The molecule has 1 aliphatic carbocycles. The van der Waals surface area contributed by atoms with Crippen LogP contribution in [0.25, 0.3) is 0 Å². The van der Waals surface area contributed by atoms with E-state index in [-0.39, 0.29) is 6.04 Å². The minimum atomic E-state index is 0.284. The lowest BCUT2D eigenvalue weighted by Gasteiger charge is -2.26. The van der Waals surface area contributed by atoms with Gasteiger partial charge in [0, 0.05) is 25.7 Å². The zero-order valence-corrected chi connectivity index (χ0v) is 10.3. The molecule has 0 aromatic rings. The van der Waals surface area contributed by atoms with Gasteiger partial charge in [-0.25, -0.2) is 0 Å². The molecule has 0 bridgehead atoms. The highest BCUT2D eigenvalue weighted by atomic mass is 16.5. The summed E-state index contributed by atoms with van der Waals surface area (Å²) in [4.78, 5) is 2.50. The maximum atomic E-state index is 5.88. The topological polar surface area (TPSA) is 38.5 Å². The lowest BCUT2D eigenvalue weighted by atomic mass is 10.1.